The lowest BCUT2D eigenvalue weighted by Crippen LogP contribution is -2.19. The molecule has 4 rings (SSSR count). The number of carbonyl (C=O) groups is 2. The molecule has 0 bridgehead atoms. The molecule has 1 aliphatic carbocycles. The van der Waals surface area contributed by atoms with Crippen molar-refractivity contribution in [3.63, 3.8) is 0 Å². The number of benzene rings is 1. The van der Waals surface area contributed by atoms with Crippen molar-refractivity contribution in [1.29, 1.82) is 0 Å². The molecule has 1 aromatic carbocycles. The Balaban J connectivity index is 1.47. The average Bonchev–Trinajstić information content (AvgIpc) is 3.31. The maximum Gasteiger partial charge on any atom is 0.276 e. The predicted octanol–water partition coefficient (Wildman–Crippen LogP) is 3.35. The van der Waals surface area contributed by atoms with Gasteiger partial charge in [0.1, 0.15) is 5.00 Å². The number of para-hydroxylation sites is 1. The second kappa shape index (κ2) is 8.04. The highest BCUT2D eigenvalue weighted by Gasteiger charge is 2.25. The molecule has 0 saturated heterocycles. The number of rotatable bonds is 6. The van der Waals surface area contributed by atoms with E-state index in [0.717, 1.165) is 36.1 Å². The molecule has 0 spiro atoms. The SMILES string of the molecule is NC(=O)c1c(NC(=O)c2ccn(COc3ccccc3F)n2)sc2c1CCCC2. The van der Waals surface area contributed by atoms with Gasteiger partial charge in [-0.15, -0.1) is 11.3 Å². The number of primary amides is 1. The minimum atomic E-state index is -0.538. The first-order valence-corrected chi connectivity index (χ1v) is 10.0. The molecule has 0 fully saturated rings. The lowest BCUT2D eigenvalue weighted by Gasteiger charge is -2.11. The van der Waals surface area contributed by atoms with E-state index in [1.54, 1.807) is 18.3 Å². The van der Waals surface area contributed by atoms with Gasteiger partial charge in [0.15, 0.2) is 24.0 Å². The van der Waals surface area contributed by atoms with Crippen LogP contribution in [0.1, 0.15) is 44.1 Å². The van der Waals surface area contributed by atoms with Crippen molar-refractivity contribution < 1.29 is 18.7 Å². The normalized spacial score (nSPS) is 13.0. The molecule has 150 valence electrons. The second-order valence-corrected chi connectivity index (χ2v) is 7.78. The maximum atomic E-state index is 13.6. The molecular weight excluding hydrogens is 395 g/mol. The Morgan fingerprint density at radius 2 is 2.03 bits per heavy atom. The summed E-state index contributed by atoms with van der Waals surface area (Å²) in [7, 11) is 0. The number of anilines is 1. The zero-order valence-electron chi connectivity index (χ0n) is 15.5. The summed E-state index contributed by atoms with van der Waals surface area (Å²) in [5.41, 5.74) is 7.07. The van der Waals surface area contributed by atoms with E-state index in [1.165, 1.54) is 34.2 Å². The number of hydrogen-bond donors (Lipinski definition) is 2. The number of thiophene rings is 1. The van der Waals surface area contributed by atoms with Crippen molar-refractivity contribution in [2.75, 3.05) is 5.32 Å². The summed E-state index contributed by atoms with van der Waals surface area (Å²) in [6, 6.07) is 7.57. The topological polar surface area (TPSA) is 99.2 Å². The number of carbonyl (C=O) groups excluding carboxylic acids is 2. The summed E-state index contributed by atoms with van der Waals surface area (Å²) in [5, 5.41) is 7.38. The Bertz CT molecular complexity index is 1080. The van der Waals surface area contributed by atoms with Gasteiger partial charge in [-0.3, -0.25) is 9.59 Å². The predicted molar refractivity (Wildman–Crippen MR) is 107 cm³/mol. The molecule has 0 aliphatic heterocycles. The number of aryl methyl sites for hydroxylation is 1. The fraction of sp³-hybridized carbons (Fsp3) is 0.250. The molecule has 2 aromatic heterocycles. The van der Waals surface area contributed by atoms with Gasteiger partial charge in [0.05, 0.1) is 5.56 Å². The van der Waals surface area contributed by atoms with Gasteiger partial charge in [-0.05, 0) is 49.4 Å². The number of fused-ring (bicyclic) bond motifs is 1. The standard InChI is InChI=1S/C20H19FN4O3S/c21-13-6-2-3-7-15(13)28-11-25-10-9-14(24-25)19(27)23-20-17(18(22)26)12-5-1-4-8-16(12)29-20/h2-3,6-7,9-10H,1,4-5,8,11H2,(H2,22,26)(H,23,27). The average molecular weight is 414 g/mol. The number of nitrogens with zero attached hydrogens (tertiary/aromatic N) is 2. The summed E-state index contributed by atoms with van der Waals surface area (Å²) in [5.74, 6) is -1.36. The van der Waals surface area contributed by atoms with Crippen molar-refractivity contribution in [3.05, 3.63) is 64.0 Å². The number of halogens is 1. The van der Waals surface area contributed by atoms with Crippen molar-refractivity contribution in [1.82, 2.24) is 9.78 Å². The van der Waals surface area contributed by atoms with Crippen molar-refractivity contribution in [3.8, 4) is 5.75 Å². The number of aromatic nitrogens is 2. The zero-order chi connectivity index (χ0) is 20.4. The van der Waals surface area contributed by atoms with Crippen LogP contribution in [0.2, 0.25) is 0 Å². The fourth-order valence-corrected chi connectivity index (χ4v) is 4.62. The fourth-order valence-electron chi connectivity index (χ4n) is 3.33. The van der Waals surface area contributed by atoms with Gasteiger partial charge in [0, 0.05) is 11.1 Å². The number of hydrogen-bond acceptors (Lipinski definition) is 5. The van der Waals surface area contributed by atoms with E-state index in [4.69, 9.17) is 10.5 Å². The van der Waals surface area contributed by atoms with Crippen molar-refractivity contribution in [2.45, 2.75) is 32.4 Å². The van der Waals surface area contributed by atoms with E-state index in [1.807, 2.05) is 0 Å². The Hall–Kier alpha value is -3.20. The van der Waals surface area contributed by atoms with Gasteiger partial charge in [-0.2, -0.15) is 5.10 Å². The number of amides is 2. The van der Waals surface area contributed by atoms with Crippen molar-refractivity contribution in [2.24, 2.45) is 5.73 Å². The van der Waals surface area contributed by atoms with Crippen LogP contribution in [0.3, 0.4) is 0 Å². The Morgan fingerprint density at radius 1 is 1.24 bits per heavy atom. The second-order valence-electron chi connectivity index (χ2n) is 6.68. The summed E-state index contributed by atoms with van der Waals surface area (Å²) in [4.78, 5) is 25.6. The first-order chi connectivity index (χ1) is 14.0. The largest absolute Gasteiger partial charge is 0.468 e. The van der Waals surface area contributed by atoms with Gasteiger partial charge in [-0.1, -0.05) is 12.1 Å². The molecule has 9 heteroatoms. The third kappa shape index (κ3) is 4.00. The van der Waals surface area contributed by atoms with Crippen molar-refractivity contribution >= 4 is 28.2 Å². The molecular formula is C20H19FN4O3S. The molecule has 0 atom stereocenters. The number of nitrogens with two attached hydrogens (primary N) is 1. The number of ether oxygens (including phenoxy) is 1. The Labute approximate surface area is 170 Å². The van der Waals surface area contributed by atoms with Crippen LogP contribution in [0.25, 0.3) is 0 Å². The highest BCUT2D eigenvalue weighted by Crippen LogP contribution is 2.38. The molecule has 29 heavy (non-hydrogen) atoms. The van der Waals surface area contributed by atoms with E-state index >= 15 is 0 Å². The van der Waals surface area contributed by atoms with E-state index in [0.29, 0.717) is 10.6 Å². The van der Waals surface area contributed by atoms with Gasteiger partial charge in [0.25, 0.3) is 11.8 Å². The van der Waals surface area contributed by atoms with Crippen LogP contribution in [0, 0.1) is 5.82 Å². The number of nitrogens with one attached hydrogen (secondary N) is 1. The van der Waals surface area contributed by atoms with E-state index in [2.05, 4.69) is 10.4 Å². The van der Waals surface area contributed by atoms with Crippen LogP contribution in [0.4, 0.5) is 9.39 Å². The molecule has 7 nitrogen and oxygen atoms in total. The van der Waals surface area contributed by atoms with Gasteiger partial charge < -0.3 is 15.8 Å². The maximum absolute atomic E-state index is 13.6. The quantitative estimate of drug-likeness (QED) is 0.646. The van der Waals surface area contributed by atoms with E-state index in [-0.39, 0.29) is 18.2 Å². The minimum absolute atomic E-state index is 0.0476. The molecule has 0 unspecified atom stereocenters. The summed E-state index contributed by atoms with van der Waals surface area (Å²) in [6.45, 7) is -0.0476. The monoisotopic (exact) mass is 414 g/mol. The lowest BCUT2D eigenvalue weighted by molar-refractivity contribution is 0.100. The van der Waals surface area contributed by atoms with Crippen LogP contribution < -0.4 is 15.8 Å². The molecule has 3 N–H and O–H groups in total. The van der Waals surface area contributed by atoms with Crippen LogP contribution in [-0.4, -0.2) is 21.6 Å². The van der Waals surface area contributed by atoms with Crippen LogP contribution in [0.15, 0.2) is 36.5 Å². The zero-order valence-corrected chi connectivity index (χ0v) is 16.3. The highest BCUT2D eigenvalue weighted by atomic mass is 32.1. The first-order valence-electron chi connectivity index (χ1n) is 9.19. The Morgan fingerprint density at radius 3 is 2.83 bits per heavy atom. The molecule has 2 amide bonds. The van der Waals surface area contributed by atoms with Gasteiger partial charge >= 0.3 is 0 Å². The van der Waals surface area contributed by atoms with E-state index < -0.39 is 17.6 Å². The van der Waals surface area contributed by atoms with Gasteiger partial charge in [-0.25, -0.2) is 9.07 Å². The summed E-state index contributed by atoms with van der Waals surface area (Å²) in [6.07, 6.45) is 5.31. The van der Waals surface area contributed by atoms with Gasteiger partial charge in [0.2, 0.25) is 0 Å². The van der Waals surface area contributed by atoms with E-state index in [9.17, 15) is 14.0 Å². The minimum Gasteiger partial charge on any atom is -0.468 e. The highest BCUT2D eigenvalue weighted by molar-refractivity contribution is 7.17. The lowest BCUT2D eigenvalue weighted by atomic mass is 9.95. The molecule has 3 aromatic rings. The molecule has 0 saturated carbocycles. The summed E-state index contributed by atoms with van der Waals surface area (Å²) < 4.78 is 20.4. The molecule has 2 heterocycles. The molecule has 1 aliphatic rings. The summed E-state index contributed by atoms with van der Waals surface area (Å²) >= 11 is 1.40. The van der Waals surface area contributed by atoms with Crippen LogP contribution >= 0.6 is 11.3 Å². The van der Waals surface area contributed by atoms with Crippen LogP contribution in [-0.2, 0) is 19.6 Å². The first kappa shape index (κ1) is 19.1. The molecule has 0 radical (unpaired) electrons. The third-order valence-electron chi connectivity index (χ3n) is 4.71. The van der Waals surface area contributed by atoms with Crippen LogP contribution in [0.5, 0.6) is 5.75 Å². The smallest absolute Gasteiger partial charge is 0.276 e. The Kier molecular flexibility index (Phi) is 5.30. The third-order valence-corrected chi connectivity index (χ3v) is 5.91.